The number of hydrogen-bond acceptors (Lipinski definition) is 2. The van der Waals surface area contributed by atoms with Crippen LogP contribution in [-0.2, 0) is 16.0 Å². The predicted molar refractivity (Wildman–Crippen MR) is 69.5 cm³/mol. The van der Waals surface area contributed by atoms with Crippen LogP contribution in [0.3, 0.4) is 0 Å². The minimum Gasteiger partial charge on any atom is -0.480 e. The summed E-state index contributed by atoms with van der Waals surface area (Å²) in [5, 5.41) is 11.9. The van der Waals surface area contributed by atoms with Gasteiger partial charge in [-0.15, -0.1) is 0 Å². The largest absolute Gasteiger partial charge is 0.480 e. The molecule has 3 rings (SSSR count). The SMILES string of the molecule is O=C(N[C@@H](Cc1ccccc1)C(=O)O)C1CC12CC2. The van der Waals surface area contributed by atoms with Crippen molar-refractivity contribution in [1.29, 1.82) is 0 Å². The first-order valence-corrected chi connectivity index (χ1v) is 6.68. The van der Waals surface area contributed by atoms with E-state index in [2.05, 4.69) is 5.32 Å². The van der Waals surface area contributed by atoms with Gasteiger partial charge in [0.1, 0.15) is 6.04 Å². The van der Waals surface area contributed by atoms with Crippen molar-refractivity contribution in [2.24, 2.45) is 11.3 Å². The van der Waals surface area contributed by atoms with Gasteiger partial charge in [-0.1, -0.05) is 30.3 Å². The highest BCUT2D eigenvalue weighted by atomic mass is 16.4. The Morgan fingerprint density at radius 2 is 2.00 bits per heavy atom. The molecule has 0 radical (unpaired) electrons. The lowest BCUT2D eigenvalue weighted by molar-refractivity contribution is -0.142. The molecule has 1 aromatic carbocycles. The first-order chi connectivity index (χ1) is 9.11. The zero-order valence-corrected chi connectivity index (χ0v) is 10.6. The summed E-state index contributed by atoms with van der Waals surface area (Å²) in [6.07, 6.45) is 3.53. The molecule has 2 atom stereocenters. The number of carbonyl (C=O) groups is 2. The van der Waals surface area contributed by atoms with E-state index in [0.29, 0.717) is 6.42 Å². The third-order valence-electron chi connectivity index (χ3n) is 4.30. The number of hydrogen-bond donors (Lipinski definition) is 2. The summed E-state index contributed by atoms with van der Waals surface area (Å²) in [6.45, 7) is 0. The van der Waals surface area contributed by atoms with E-state index in [-0.39, 0.29) is 17.2 Å². The summed E-state index contributed by atoms with van der Waals surface area (Å²) in [7, 11) is 0. The second-order valence-electron chi connectivity index (χ2n) is 5.71. The van der Waals surface area contributed by atoms with Crippen molar-refractivity contribution in [3.63, 3.8) is 0 Å². The Labute approximate surface area is 111 Å². The van der Waals surface area contributed by atoms with Crippen LogP contribution in [0.5, 0.6) is 0 Å². The van der Waals surface area contributed by atoms with Crippen LogP contribution in [0.25, 0.3) is 0 Å². The van der Waals surface area contributed by atoms with Gasteiger partial charge in [0.05, 0.1) is 0 Å². The molecule has 1 unspecified atom stereocenters. The standard InChI is InChI=1S/C15H17NO3/c17-13(11-9-15(11)6-7-15)16-12(14(18)19)8-10-4-2-1-3-5-10/h1-5,11-12H,6-9H2,(H,16,17)(H,18,19)/t11?,12-/m0/s1. The van der Waals surface area contributed by atoms with Crippen LogP contribution in [0, 0.1) is 11.3 Å². The number of carboxylic acids is 1. The summed E-state index contributed by atoms with van der Waals surface area (Å²) < 4.78 is 0. The Morgan fingerprint density at radius 1 is 1.32 bits per heavy atom. The molecule has 0 bridgehead atoms. The maximum absolute atomic E-state index is 12.0. The summed E-state index contributed by atoms with van der Waals surface area (Å²) in [5.74, 6) is -0.992. The van der Waals surface area contributed by atoms with E-state index in [9.17, 15) is 14.7 Å². The van der Waals surface area contributed by atoms with Crippen molar-refractivity contribution in [3.8, 4) is 0 Å². The van der Waals surface area contributed by atoms with Crippen molar-refractivity contribution >= 4 is 11.9 Å². The van der Waals surface area contributed by atoms with E-state index < -0.39 is 12.0 Å². The second-order valence-corrected chi connectivity index (χ2v) is 5.71. The maximum atomic E-state index is 12.0. The highest BCUT2D eigenvalue weighted by molar-refractivity contribution is 5.88. The molecule has 2 saturated carbocycles. The quantitative estimate of drug-likeness (QED) is 0.844. The van der Waals surface area contributed by atoms with Gasteiger partial charge >= 0.3 is 5.97 Å². The fourth-order valence-corrected chi connectivity index (χ4v) is 2.75. The zero-order valence-electron chi connectivity index (χ0n) is 10.6. The first kappa shape index (κ1) is 12.2. The minimum absolute atomic E-state index is 0.0603. The lowest BCUT2D eigenvalue weighted by Crippen LogP contribution is -2.43. The first-order valence-electron chi connectivity index (χ1n) is 6.68. The highest BCUT2D eigenvalue weighted by Crippen LogP contribution is 2.70. The van der Waals surface area contributed by atoms with Crippen molar-refractivity contribution < 1.29 is 14.7 Å². The maximum Gasteiger partial charge on any atom is 0.326 e. The molecule has 1 spiro atoms. The number of carboxylic acid groups (broad SMARTS) is 1. The van der Waals surface area contributed by atoms with Gasteiger partial charge in [0.25, 0.3) is 0 Å². The molecule has 100 valence electrons. The Morgan fingerprint density at radius 3 is 2.53 bits per heavy atom. The van der Waals surface area contributed by atoms with Crippen molar-refractivity contribution in [2.75, 3.05) is 0 Å². The monoisotopic (exact) mass is 259 g/mol. The molecule has 0 aliphatic heterocycles. The minimum atomic E-state index is -0.970. The van der Waals surface area contributed by atoms with Gasteiger partial charge in [-0.05, 0) is 30.2 Å². The van der Waals surface area contributed by atoms with Gasteiger partial charge in [0, 0.05) is 12.3 Å². The Kier molecular flexibility index (Phi) is 2.81. The van der Waals surface area contributed by atoms with E-state index in [1.54, 1.807) is 0 Å². The number of benzene rings is 1. The van der Waals surface area contributed by atoms with E-state index in [4.69, 9.17) is 0 Å². The molecule has 1 amide bonds. The molecule has 4 nitrogen and oxygen atoms in total. The van der Waals surface area contributed by atoms with Gasteiger partial charge in [0.15, 0.2) is 0 Å². The summed E-state index contributed by atoms with van der Waals surface area (Å²) >= 11 is 0. The number of aliphatic carboxylic acids is 1. The van der Waals surface area contributed by atoms with Gasteiger partial charge in [-0.3, -0.25) is 4.79 Å². The molecule has 2 fully saturated rings. The molecule has 4 heteroatoms. The normalized spacial score (nSPS) is 23.7. The smallest absolute Gasteiger partial charge is 0.326 e. The molecule has 2 aliphatic rings. The molecule has 19 heavy (non-hydrogen) atoms. The lowest BCUT2D eigenvalue weighted by Gasteiger charge is -2.14. The van der Waals surface area contributed by atoms with Crippen LogP contribution in [0.1, 0.15) is 24.8 Å². The summed E-state index contributed by atoms with van der Waals surface area (Å²) in [4.78, 5) is 23.2. The molecular formula is C15H17NO3. The van der Waals surface area contributed by atoms with Crippen LogP contribution in [0.15, 0.2) is 30.3 Å². The number of carbonyl (C=O) groups excluding carboxylic acids is 1. The number of rotatable bonds is 5. The van der Waals surface area contributed by atoms with E-state index in [1.165, 1.54) is 0 Å². The molecule has 0 aromatic heterocycles. The zero-order chi connectivity index (χ0) is 13.5. The van der Waals surface area contributed by atoms with Gasteiger partial charge in [-0.25, -0.2) is 4.79 Å². The van der Waals surface area contributed by atoms with Gasteiger partial charge in [0.2, 0.25) is 5.91 Å². The number of amides is 1. The topological polar surface area (TPSA) is 66.4 Å². The lowest BCUT2D eigenvalue weighted by atomic mass is 10.1. The van der Waals surface area contributed by atoms with Crippen LogP contribution in [0.2, 0.25) is 0 Å². The third kappa shape index (κ3) is 2.48. The van der Waals surface area contributed by atoms with E-state index >= 15 is 0 Å². The summed E-state index contributed by atoms with van der Waals surface area (Å²) in [5.41, 5.74) is 1.19. The van der Waals surface area contributed by atoms with E-state index in [1.807, 2.05) is 30.3 Å². The van der Waals surface area contributed by atoms with Gasteiger partial charge < -0.3 is 10.4 Å². The molecule has 0 heterocycles. The molecule has 0 saturated heterocycles. The Hall–Kier alpha value is -1.84. The second kappa shape index (κ2) is 4.37. The van der Waals surface area contributed by atoms with Crippen LogP contribution in [-0.4, -0.2) is 23.0 Å². The van der Waals surface area contributed by atoms with Crippen LogP contribution < -0.4 is 5.32 Å². The fourth-order valence-electron chi connectivity index (χ4n) is 2.75. The fraction of sp³-hybridized carbons (Fsp3) is 0.467. The van der Waals surface area contributed by atoms with Crippen molar-refractivity contribution in [3.05, 3.63) is 35.9 Å². The average molecular weight is 259 g/mol. The average Bonchev–Trinajstić information content (AvgIpc) is 3.30. The highest BCUT2D eigenvalue weighted by Gasteiger charge is 2.65. The Bertz CT molecular complexity index is 507. The number of nitrogens with one attached hydrogen (secondary N) is 1. The predicted octanol–water partition coefficient (Wildman–Crippen LogP) is 1.60. The third-order valence-corrected chi connectivity index (χ3v) is 4.30. The Balaban J connectivity index is 1.61. The van der Waals surface area contributed by atoms with Crippen LogP contribution >= 0.6 is 0 Å². The van der Waals surface area contributed by atoms with Crippen LogP contribution in [0.4, 0.5) is 0 Å². The van der Waals surface area contributed by atoms with Crippen molar-refractivity contribution in [2.45, 2.75) is 31.7 Å². The molecule has 2 aliphatic carbocycles. The molecular weight excluding hydrogens is 242 g/mol. The molecule has 2 N–H and O–H groups in total. The summed E-state index contributed by atoms with van der Waals surface area (Å²) in [6, 6.07) is 8.56. The van der Waals surface area contributed by atoms with Crippen molar-refractivity contribution in [1.82, 2.24) is 5.32 Å². The molecule has 1 aromatic rings. The van der Waals surface area contributed by atoms with E-state index in [0.717, 1.165) is 24.8 Å². The van der Waals surface area contributed by atoms with Gasteiger partial charge in [-0.2, -0.15) is 0 Å².